The fourth-order valence-electron chi connectivity index (χ4n) is 1.77. The summed E-state index contributed by atoms with van der Waals surface area (Å²) in [4.78, 5) is 11.4. The van der Waals surface area contributed by atoms with Gasteiger partial charge in [-0.2, -0.15) is 0 Å². The van der Waals surface area contributed by atoms with E-state index in [1.807, 2.05) is 0 Å². The quantitative estimate of drug-likeness (QED) is 0.621. The Balaban J connectivity index is 1.73. The molecular weight excluding hydrogens is 152 g/mol. The molecule has 1 saturated carbocycles. The van der Waals surface area contributed by atoms with Crippen LogP contribution in [0.4, 0.5) is 0 Å². The molecule has 0 radical (unpaired) electrons. The molecule has 0 aromatic carbocycles. The molecule has 68 valence electrons. The Morgan fingerprint density at radius 2 is 2.17 bits per heavy atom. The third-order valence-corrected chi connectivity index (χ3v) is 2.88. The van der Waals surface area contributed by atoms with Crippen molar-refractivity contribution in [2.75, 3.05) is 13.1 Å². The summed E-state index contributed by atoms with van der Waals surface area (Å²) in [5.41, 5.74) is 0. The van der Waals surface area contributed by atoms with Crippen LogP contribution in [0.5, 0.6) is 0 Å². The van der Waals surface area contributed by atoms with Crippen molar-refractivity contribution in [1.82, 2.24) is 10.6 Å². The first-order valence-electron chi connectivity index (χ1n) is 4.87. The number of hydrogen-bond donors (Lipinski definition) is 2. The van der Waals surface area contributed by atoms with E-state index in [1.54, 1.807) is 0 Å². The van der Waals surface area contributed by atoms with Crippen molar-refractivity contribution in [2.45, 2.75) is 31.7 Å². The van der Waals surface area contributed by atoms with Crippen LogP contribution in [0.2, 0.25) is 0 Å². The second-order valence-electron chi connectivity index (χ2n) is 3.83. The van der Waals surface area contributed by atoms with Gasteiger partial charge in [0.2, 0.25) is 5.91 Å². The molecule has 2 rings (SSSR count). The number of carbonyl (C=O) groups is 1. The molecule has 0 spiro atoms. The average Bonchev–Trinajstić information content (AvgIpc) is 2.34. The highest BCUT2D eigenvalue weighted by Crippen LogP contribution is 2.26. The summed E-state index contributed by atoms with van der Waals surface area (Å²) in [6.45, 7) is 2.01. The van der Waals surface area contributed by atoms with Gasteiger partial charge in [0.05, 0.1) is 0 Å². The molecule has 1 saturated heterocycles. The van der Waals surface area contributed by atoms with Crippen molar-refractivity contribution in [1.29, 1.82) is 0 Å². The molecule has 2 N–H and O–H groups in total. The molecule has 0 bridgehead atoms. The zero-order chi connectivity index (χ0) is 8.39. The summed E-state index contributed by atoms with van der Waals surface area (Å²) in [6, 6.07) is 0.401. The van der Waals surface area contributed by atoms with E-state index in [1.165, 1.54) is 6.42 Å². The van der Waals surface area contributed by atoms with E-state index < -0.39 is 0 Å². The molecular formula is C9H16N2O. The van der Waals surface area contributed by atoms with Gasteiger partial charge in [-0.1, -0.05) is 6.42 Å². The Labute approximate surface area is 72.9 Å². The fourth-order valence-corrected chi connectivity index (χ4v) is 1.77. The number of nitrogens with one attached hydrogen (secondary N) is 2. The maximum Gasteiger partial charge on any atom is 0.223 e. The van der Waals surface area contributed by atoms with Crippen LogP contribution in [-0.4, -0.2) is 25.0 Å². The predicted octanol–water partition coefficient (Wildman–Crippen LogP) is 0.265. The van der Waals surface area contributed by atoms with Crippen LogP contribution < -0.4 is 10.6 Å². The van der Waals surface area contributed by atoms with Gasteiger partial charge in [-0.25, -0.2) is 0 Å². The smallest absolute Gasteiger partial charge is 0.223 e. The van der Waals surface area contributed by atoms with Crippen molar-refractivity contribution >= 4 is 5.91 Å². The van der Waals surface area contributed by atoms with Crippen molar-refractivity contribution in [3.05, 3.63) is 0 Å². The standard InChI is InChI=1S/C9H16N2O/c12-9(7-2-1-3-7)11-8-4-5-10-6-8/h7-8,10H,1-6H2,(H,11,12)/t8-/m0/s1. The first-order chi connectivity index (χ1) is 5.86. The molecule has 3 nitrogen and oxygen atoms in total. The second kappa shape index (κ2) is 3.44. The Hall–Kier alpha value is -0.570. The van der Waals surface area contributed by atoms with Crippen molar-refractivity contribution in [3.8, 4) is 0 Å². The number of rotatable bonds is 2. The first kappa shape index (κ1) is 8.05. The van der Waals surface area contributed by atoms with Gasteiger partial charge in [-0.15, -0.1) is 0 Å². The largest absolute Gasteiger partial charge is 0.352 e. The van der Waals surface area contributed by atoms with E-state index in [0.29, 0.717) is 12.0 Å². The minimum Gasteiger partial charge on any atom is -0.352 e. The van der Waals surface area contributed by atoms with E-state index >= 15 is 0 Å². The van der Waals surface area contributed by atoms with Gasteiger partial charge in [-0.05, 0) is 25.8 Å². The molecule has 3 heteroatoms. The van der Waals surface area contributed by atoms with Gasteiger partial charge >= 0.3 is 0 Å². The van der Waals surface area contributed by atoms with Crippen molar-refractivity contribution in [2.24, 2.45) is 5.92 Å². The van der Waals surface area contributed by atoms with Gasteiger partial charge < -0.3 is 10.6 Å². The lowest BCUT2D eigenvalue weighted by Gasteiger charge is -2.25. The fraction of sp³-hybridized carbons (Fsp3) is 0.889. The van der Waals surface area contributed by atoms with Gasteiger partial charge in [0.1, 0.15) is 0 Å². The topological polar surface area (TPSA) is 41.1 Å². The maximum atomic E-state index is 11.4. The molecule has 2 aliphatic rings. The Morgan fingerprint density at radius 1 is 1.33 bits per heavy atom. The first-order valence-corrected chi connectivity index (χ1v) is 4.87. The molecule has 1 amide bonds. The van der Waals surface area contributed by atoms with Crippen LogP contribution in [-0.2, 0) is 4.79 Å². The third kappa shape index (κ3) is 1.61. The zero-order valence-electron chi connectivity index (χ0n) is 7.31. The SMILES string of the molecule is O=C(N[C@H]1CCNC1)C1CCC1. The molecule has 1 atom stereocenters. The minimum atomic E-state index is 0.287. The van der Waals surface area contributed by atoms with Crippen LogP contribution in [0, 0.1) is 5.92 Å². The Morgan fingerprint density at radius 3 is 2.67 bits per heavy atom. The van der Waals surface area contributed by atoms with Gasteiger partial charge in [0, 0.05) is 18.5 Å². The monoisotopic (exact) mass is 168 g/mol. The highest BCUT2D eigenvalue weighted by Gasteiger charge is 2.27. The van der Waals surface area contributed by atoms with Gasteiger partial charge in [0.25, 0.3) is 0 Å². The molecule has 1 aliphatic carbocycles. The van der Waals surface area contributed by atoms with Crippen LogP contribution >= 0.6 is 0 Å². The van der Waals surface area contributed by atoms with Crippen LogP contribution in [0.1, 0.15) is 25.7 Å². The van der Waals surface area contributed by atoms with E-state index in [-0.39, 0.29) is 5.91 Å². The van der Waals surface area contributed by atoms with Gasteiger partial charge in [-0.3, -0.25) is 4.79 Å². The summed E-state index contributed by atoms with van der Waals surface area (Å²) >= 11 is 0. The third-order valence-electron chi connectivity index (χ3n) is 2.88. The Bertz CT molecular complexity index is 171. The van der Waals surface area contributed by atoms with Crippen LogP contribution in [0.25, 0.3) is 0 Å². The highest BCUT2D eigenvalue weighted by atomic mass is 16.2. The average molecular weight is 168 g/mol. The summed E-state index contributed by atoms with van der Waals surface area (Å²) in [5, 5.41) is 6.32. The van der Waals surface area contributed by atoms with E-state index in [4.69, 9.17) is 0 Å². The lowest BCUT2D eigenvalue weighted by molar-refractivity contribution is -0.128. The number of hydrogen-bond acceptors (Lipinski definition) is 2. The summed E-state index contributed by atoms with van der Waals surface area (Å²) in [7, 11) is 0. The van der Waals surface area contributed by atoms with E-state index in [2.05, 4.69) is 10.6 Å². The Kier molecular flexibility index (Phi) is 2.30. The van der Waals surface area contributed by atoms with Crippen molar-refractivity contribution < 1.29 is 4.79 Å². The summed E-state index contributed by atoms with van der Waals surface area (Å²) in [6.07, 6.45) is 4.54. The van der Waals surface area contributed by atoms with E-state index in [0.717, 1.165) is 32.4 Å². The lowest BCUT2D eigenvalue weighted by atomic mass is 9.84. The minimum absolute atomic E-state index is 0.287. The molecule has 0 unspecified atom stereocenters. The number of amides is 1. The molecule has 2 fully saturated rings. The second-order valence-corrected chi connectivity index (χ2v) is 3.83. The lowest BCUT2D eigenvalue weighted by Crippen LogP contribution is -2.41. The normalized spacial score (nSPS) is 29.8. The van der Waals surface area contributed by atoms with E-state index in [9.17, 15) is 4.79 Å². The number of carbonyl (C=O) groups excluding carboxylic acids is 1. The highest BCUT2D eigenvalue weighted by molar-refractivity contribution is 5.79. The predicted molar refractivity (Wildman–Crippen MR) is 46.8 cm³/mol. The summed E-state index contributed by atoms with van der Waals surface area (Å²) < 4.78 is 0. The molecule has 0 aromatic rings. The van der Waals surface area contributed by atoms with Gasteiger partial charge in [0.15, 0.2) is 0 Å². The molecule has 12 heavy (non-hydrogen) atoms. The molecule has 1 heterocycles. The molecule has 1 aliphatic heterocycles. The van der Waals surface area contributed by atoms with Crippen molar-refractivity contribution in [3.63, 3.8) is 0 Å². The molecule has 0 aromatic heterocycles. The summed E-state index contributed by atoms with van der Waals surface area (Å²) in [5.74, 6) is 0.626. The van der Waals surface area contributed by atoms with Crippen LogP contribution in [0.3, 0.4) is 0 Å². The van der Waals surface area contributed by atoms with Crippen LogP contribution in [0.15, 0.2) is 0 Å². The maximum absolute atomic E-state index is 11.4. The zero-order valence-corrected chi connectivity index (χ0v) is 7.31.